The molecule has 0 radical (unpaired) electrons. The van der Waals surface area contributed by atoms with Crippen molar-refractivity contribution in [1.82, 2.24) is 10.2 Å². The zero-order valence-electron chi connectivity index (χ0n) is 13.7. The predicted octanol–water partition coefficient (Wildman–Crippen LogP) is 2.45. The number of piperidine rings is 1. The molecule has 0 saturated carbocycles. The molecule has 2 aliphatic rings. The van der Waals surface area contributed by atoms with Crippen LogP contribution < -0.4 is 5.32 Å². The Hall–Kier alpha value is -1.75. The van der Waals surface area contributed by atoms with Crippen molar-refractivity contribution in [2.75, 3.05) is 32.8 Å². The minimum Gasteiger partial charge on any atom is -0.469 e. The summed E-state index contributed by atoms with van der Waals surface area (Å²) in [6, 6.07) is 3.92. The number of furan rings is 1. The van der Waals surface area contributed by atoms with Gasteiger partial charge in [0.05, 0.1) is 12.4 Å². The quantitative estimate of drug-likeness (QED) is 0.515. The topological polar surface area (TPSA) is 50.0 Å². The van der Waals surface area contributed by atoms with Gasteiger partial charge in [0.1, 0.15) is 5.76 Å². The molecule has 0 amide bonds. The van der Waals surface area contributed by atoms with Gasteiger partial charge in [0.15, 0.2) is 5.96 Å². The van der Waals surface area contributed by atoms with Gasteiger partial charge in [-0.2, -0.15) is 0 Å². The maximum Gasteiger partial charge on any atom is 0.194 e. The van der Waals surface area contributed by atoms with Crippen molar-refractivity contribution in [2.45, 2.75) is 31.8 Å². The summed E-state index contributed by atoms with van der Waals surface area (Å²) in [6.45, 7) is 8.23. The summed E-state index contributed by atoms with van der Waals surface area (Å²) in [7, 11) is 0. The summed E-state index contributed by atoms with van der Waals surface area (Å²) in [4.78, 5) is 7.16. The number of hydrogen-bond donors (Lipinski definition) is 1. The van der Waals surface area contributed by atoms with Crippen molar-refractivity contribution in [1.29, 1.82) is 0 Å². The molecule has 1 N–H and O–H groups in total. The highest BCUT2D eigenvalue weighted by Gasteiger charge is 2.33. The van der Waals surface area contributed by atoms with Crippen LogP contribution in [0.5, 0.6) is 0 Å². The Bertz CT molecular complexity index is 512. The van der Waals surface area contributed by atoms with Crippen LogP contribution in [0.15, 0.2) is 40.5 Å². The van der Waals surface area contributed by atoms with Crippen LogP contribution in [0.3, 0.4) is 0 Å². The number of guanidine groups is 1. The molecule has 0 aromatic carbocycles. The van der Waals surface area contributed by atoms with Gasteiger partial charge >= 0.3 is 0 Å². The average Bonchev–Trinajstić information content (AvgIpc) is 3.11. The summed E-state index contributed by atoms with van der Waals surface area (Å²) >= 11 is 0. The van der Waals surface area contributed by atoms with E-state index in [1.807, 2.05) is 18.2 Å². The van der Waals surface area contributed by atoms with Crippen LogP contribution in [0.4, 0.5) is 0 Å². The second-order valence-corrected chi connectivity index (χ2v) is 6.25. The third kappa shape index (κ3) is 4.38. The molecule has 0 bridgehead atoms. The van der Waals surface area contributed by atoms with E-state index >= 15 is 0 Å². The van der Waals surface area contributed by atoms with Crippen molar-refractivity contribution in [2.24, 2.45) is 10.9 Å². The number of hydrogen-bond acceptors (Lipinski definition) is 3. The Kier molecular flexibility index (Phi) is 5.75. The molecule has 2 aliphatic heterocycles. The van der Waals surface area contributed by atoms with E-state index in [0.717, 1.165) is 57.3 Å². The number of ether oxygens (including phenoxy) is 1. The lowest BCUT2D eigenvalue weighted by Crippen LogP contribution is -2.52. The molecule has 126 valence electrons. The summed E-state index contributed by atoms with van der Waals surface area (Å²) in [6.07, 6.45) is 8.40. The number of rotatable bonds is 5. The second-order valence-electron chi connectivity index (χ2n) is 6.25. The molecule has 0 spiro atoms. The Morgan fingerprint density at radius 3 is 3.26 bits per heavy atom. The largest absolute Gasteiger partial charge is 0.469 e. The Labute approximate surface area is 138 Å². The first-order chi connectivity index (χ1) is 11.4. The van der Waals surface area contributed by atoms with Crippen molar-refractivity contribution in [3.8, 4) is 0 Å². The van der Waals surface area contributed by atoms with Crippen molar-refractivity contribution < 1.29 is 9.15 Å². The van der Waals surface area contributed by atoms with E-state index in [4.69, 9.17) is 14.1 Å². The van der Waals surface area contributed by atoms with Crippen molar-refractivity contribution in [3.05, 3.63) is 36.8 Å². The van der Waals surface area contributed by atoms with E-state index in [1.165, 1.54) is 12.8 Å². The molecule has 5 nitrogen and oxygen atoms in total. The maximum atomic E-state index is 5.91. The van der Waals surface area contributed by atoms with Crippen LogP contribution in [0.25, 0.3) is 0 Å². The molecule has 2 saturated heterocycles. The number of aliphatic imine (C=N–C) groups is 1. The van der Waals surface area contributed by atoms with E-state index in [1.54, 1.807) is 6.26 Å². The molecule has 2 fully saturated rings. The van der Waals surface area contributed by atoms with Crippen LogP contribution in [-0.4, -0.2) is 49.7 Å². The summed E-state index contributed by atoms with van der Waals surface area (Å²) < 4.78 is 11.3. The average molecular weight is 317 g/mol. The lowest BCUT2D eigenvalue weighted by Gasteiger charge is -2.42. The van der Waals surface area contributed by atoms with E-state index in [0.29, 0.717) is 12.0 Å². The van der Waals surface area contributed by atoms with E-state index in [-0.39, 0.29) is 0 Å². The summed E-state index contributed by atoms with van der Waals surface area (Å²) in [5, 5.41) is 3.40. The van der Waals surface area contributed by atoms with E-state index in [2.05, 4.69) is 16.8 Å². The Morgan fingerprint density at radius 1 is 1.48 bits per heavy atom. The standard InChI is InChI=1S/C18H27N3O2/c1-2-9-19-18(20-10-7-16-6-4-12-22-16)21-11-8-17-15(14-21)5-3-13-23-17/h2,4,6,12,15,17H,1,3,5,7-11,13-14H2,(H,19,20). The highest BCUT2D eigenvalue weighted by atomic mass is 16.5. The minimum atomic E-state index is 0.448. The lowest BCUT2D eigenvalue weighted by molar-refractivity contribution is -0.0559. The van der Waals surface area contributed by atoms with Crippen LogP contribution in [0.1, 0.15) is 25.0 Å². The molecular weight excluding hydrogens is 290 g/mol. The maximum absolute atomic E-state index is 5.91. The summed E-state index contributed by atoms with van der Waals surface area (Å²) in [5.41, 5.74) is 0. The van der Waals surface area contributed by atoms with Crippen molar-refractivity contribution in [3.63, 3.8) is 0 Å². The molecule has 2 atom stereocenters. The number of fused-ring (bicyclic) bond motifs is 1. The smallest absolute Gasteiger partial charge is 0.194 e. The lowest BCUT2D eigenvalue weighted by atomic mass is 9.88. The monoisotopic (exact) mass is 317 g/mol. The van der Waals surface area contributed by atoms with Gasteiger partial charge in [-0.05, 0) is 31.4 Å². The first-order valence-corrected chi connectivity index (χ1v) is 8.65. The van der Waals surface area contributed by atoms with Crippen molar-refractivity contribution >= 4 is 5.96 Å². The fourth-order valence-corrected chi connectivity index (χ4v) is 3.44. The van der Waals surface area contributed by atoms with Gasteiger partial charge in [0.2, 0.25) is 0 Å². The molecule has 1 aromatic heterocycles. The third-order valence-corrected chi connectivity index (χ3v) is 4.62. The third-order valence-electron chi connectivity index (χ3n) is 4.62. The van der Waals surface area contributed by atoms with Crippen LogP contribution >= 0.6 is 0 Å². The van der Waals surface area contributed by atoms with Gasteiger partial charge in [-0.25, -0.2) is 0 Å². The van der Waals surface area contributed by atoms with Gasteiger partial charge in [0.25, 0.3) is 0 Å². The summed E-state index contributed by atoms with van der Waals surface area (Å²) in [5.74, 6) is 2.61. The second kappa shape index (κ2) is 8.20. The van der Waals surface area contributed by atoms with Gasteiger partial charge in [-0.15, -0.1) is 6.58 Å². The Balaban J connectivity index is 1.59. The van der Waals surface area contributed by atoms with Gasteiger partial charge in [-0.3, -0.25) is 4.99 Å². The fourth-order valence-electron chi connectivity index (χ4n) is 3.44. The first kappa shape index (κ1) is 16.1. The molecule has 3 heterocycles. The van der Waals surface area contributed by atoms with Crippen LogP contribution in [0, 0.1) is 5.92 Å². The van der Waals surface area contributed by atoms with Crippen LogP contribution in [0.2, 0.25) is 0 Å². The highest BCUT2D eigenvalue weighted by Crippen LogP contribution is 2.28. The normalized spacial score (nSPS) is 25.0. The molecule has 3 rings (SSSR count). The molecule has 23 heavy (non-hydrogen) atoms. The predicted molar refractivity (Wildman–Crippen MR) is 91.6 cm³/mol. The first-order valence-electron chi connectivity index (χ1n) is 8.65. The number of likely N-dealkylation sites (tertiary alicyclic amines) is 1. The molecule has 2 unspecified atom stereocenters. The Morgan fingerprint density at radius 2 is 2.43 bits per heavy atom. The molecule has 1 aromatic rings. The van der Waals surface area contributed by atoms with E-state index in [9.17, 15) is 0 Å². The molecule has 5 heteroatoms. The molecular formula is C18H27N3O2. The zero-order chi connectivity index (χ0) is 15.9. The highest BCUT2D eigenvalue weighted by molar-refractivity contribution is 5.80. The number of nitrogens with one attached hydrogen (secondary N) is 1. The zero-order valence-corrected chi connectivity index (χ0v) is 13.7. The minimum absolute atomic E-state index is 0.448. The fraction of sp³-hybridized carbons (Fsp3) is 0.611. The van der Waals surface area contributed by atoms with Crippen LogP contribution in [-0.2, 0) is 11.2 Å². The SMILES string of the molecule is C=CCNC(=NCCc1ccco1)N1CCC2OCCCC2C1. The van der Waals surface area contributed by atoms with Gasteiger partial charge in [-0.1, -0.05) is 6.08 Å². The van der Waals surface area contributed by atoms with Gasteiger partial charge < -0.3 is 19.4 Å². The molecule has 0 aliphatic carbocycles. The number of nitrogens with zero attached hydrogens (tertiary/aromatic N) is 2. The van der Waals surface area contributed by atoms with Gasteiger partial charge in [0, 0.05) is 45.1 Å². The van der Waals surface area contributed by atoms with E-state index < -0.39 is 0 Å².